The maximum atomic E-state index is 12.7. The minimum atomic E-state index is -4.27. The lowest BCUT2D eigenvalue weighted by Gasteiger charge is -2.11. The van der Waals surface area contributed by atoms with Crippen LogP contribution in [-0.2, 0) is 6.18 Å². The molecule has 0 aliphatic carbocycles. The maximum Gasteiger partial charge on any atom is 0.416 e. The fourth-order valence-corrected chi connectivity index (χ4v) is 2.41. The average molecular weight is 288 g/mol. The van der Waals surface area contributed by atoms with Crippen LogP contribution in [0.1, 0.15) is 43.7 Å². The van der Waals surface area contributed by atoms with Crippen LogP contribution in [0.2, 0.25) is 0 Å². The summed E-state index contributed by atoms with van der Waals surface area (Å²) in [6, 6.07) is 5.59. The van der Waals surface area contributed by atoms with E-state index in [4.69, 9.17) is 0 Å². The van der Waals surface area contributed by atoms with Crippen molar-refractivity contribution >= 4 is 17.3 Å². The summed E-state index contributed by atoms with van der Waals surface area (Å²) in [6.07, 6.45) is 1.70. The molecule has 1 rings (SSSR count). The summed E-state index contributed by atoms with van der Waals surface area (Å²) < 4.78 is 38.1. The van der Waals surface area contributed by atoms with Crippen molar-refractivity contribution in [1.29, 1.82) is 0 Å². The fourth-order valence-electron chi connectivity index (χ4n) is 1.87. The maximum absolute atomic E-state index is 12.7. The molecule has 0 aliphatic heterocycles. The van der Waals surface area contributed by atoms with Crippen molar-refractivity contribution in [2.75, 3.05) is 6.26 Å². The molecule has 0 heterocycles. The van der Waals surface area contributed by atoms with Crippen molar-refractivity contribution in [2.45, 2.75) is 38.8 Å². The molecule has 0 aliphatic rings. The number of hydrogen-bond donors (Lipinski definition) is 0. The normalized spacial score (nSPS) is 12.8. The van der Waals surface area contributed by atoms with E-state index in [0.29, 0.717) is 5.56 Å². The van der Waals surface area contributed by atoms with Gasteiger partial charge < -0.3 is 0 Å². The highest BCUT2D eigenvalue weighted by Gasteiger charge is 2.30. The molecule has 1 aromatic rings. The van der Waals surface area contributed by atoms with Crippen LogP contribution < -0.4 is 0 Å². The van der Waals surface area contributed by atoms with Crippen LogP contribution in [0.4, 0.5) is 13.2 Å². The van der Waals surface area contributed by atoms with E-state index >= 15 is 0 Å². The van der Waals surface area contributed by atoms with E-state index in [1.807, 2.05) is 11.7 Å². The van der Waals surface area contributed by atoms with E-state index in [-0.39, 0.29) is 0 Å². The average Bonchev–Trinajstić information content (AvgIpc) is 2.37. The molecule has 0 unspecified atom stereocenters. The van der Waals surface area contributed by atoms with Crippen LogP contribution in [0.25, 0.3) is 5.57 Å². The molecule has 4 heteroatoms. The summed E-state index contributed by atoms with van der Waals surface area (Å²) in [5, 5.41) is 1.95. The van der Waals surface area contributed by atoms with Gasteiger partial charge in [-0.3, -0.25) is 0 Å². The number of rotatable bonds is 6. The Labute approximate surface area is 117 Å². The van der Waals surface area contributed by atoms with Gasteiger partial charge in [0, 0.05) is 0 Å². The van der Waals surface area contributed by atoms with Gasteiger partial charge in [0.2, 0.25) is 0 Å². The predicted octanol–water partition coefficient (Wildman–Crippen LogP) is 5.99. The molecule has 19 heavy (non-hydrogen) atoms. The van der Waals surface area contributed by atoms with Crippen molar-refractivity contribution in [3.8, 4) is 0 Å². The van der Waals surface area contributed by atoms with Gasteiger partial charge in [-0.25, -0.2) is 0 Å². The fraction of sp³-hybridized carbons (Fsp3) is 0.467. The quantitative estimate of drug-likeness (QED) is 0.579. The number of halogens is 3. The molecule has 0 bridgehead atoms. The summed E-state index contributed by atoms with van der Waals surface area (Å²) in [5.41, 5.74) is 1.10. The van der Waals surface area contributed by atoms with Crippen molar-refractivity contribution in [1.82, 2.24) is 0 Å². The number of benzene rings is 1. The minimum absolute atomic E-state index is 0.576. The van der Waals surface area contributed by atoms with Crippen LogP contribution in [0.15, 0.2) is 29.7 Å². The minimum Gasteiger partial charge on any atom is -0.166 e. The number of thioether (sulfide) groups is 1. The Balaban J connectivity index is 2.94. The Hall–Kier alpha value is -0.900. The molecular weight excluding hydrogens is 269 g/mol. The van der Waals surface area contributed by atoms with E-state index in [2.05, 4.69) is 6.92 Å². The van der Waals surface area contributed by atoms with Crippen LogP contribution >= 0.6 is 11.8 Å². The Morgan fingerprint density at radius 1 is 1.26 bits per heavy atom. The van der Waals surface area contributed by atoms with Gasteiger partial charge in [-0.1, -0.05) is 31.9 Å². The van der Waals surface area contributed by atoms with E-state index in [1.165, 1.54) is 23.9 Å². The molecule has 0 saturated heterocycles. The Morgan fingerprint density at radius 2 is 2.00 bits per heavy atom. The van der Waals surface area contributed by atoms with Crippen LogP contribution in [0.3, 0.4) is 0 Å². The van der Waals surface area contributed by atoms with Crippen molar-refractivity contribution in [2.24, 2.45) is 0 Å². The van der Waals surface area contributed by atoms with Crippen molar-refractivity contribution < 1.29 is 13.2 Å². The summed E-state index contributed by atoms with van der Waals surface area (Å²) in [6.45, 7) is 2.11. The van der Waals surface area contributed by atoms with E-state index in [1.54, 1.807) is 6.07 Å². The van der Waals surface area contributed by atoms with Gasteiger partial charge in [0.05, 0.1) is 5.56 Å². The number of allylic oxidation sites excluding steroid dienone is 1. The van der Waals surface area contributed by atoms with Crippen LogP contribution in [-0.4, -0.2) is 6.26 Å². The number of hydrogen-bond acceptors (Lipinski definition) is 1. The topological polar surface area (TPSA) is 0 Å². The molecule has 1 aromatic carbocycles. The Morgan fingerprint density at radius 3 is 2.58 bits per heavy atom. The zero-order valence-electron chi connectivity index (χ0n) is 11.3. The van der Waals surface area contributed by atoms with Crippen molar-refractivity contribution in [3.63, 3.8) is 0 Å². The first-order valence-electron chi connectivity index (χ1n) is 6.38. The van der Waals surface area contributed by atoms with Crippen LogP contribution in [0, 0.1) is 0 Å². The Kier molecular flexibility index (Phi) is 6.49. The summed E-state index contributed by atoms with van der Waals surface area (Å²) in [4.78, 5) is 0. The first kappa shape index (κ1) is 16.2. The Bertz CT molecular complexity index is 422. The smallest absolute Gasteiger partial charge is 0.166 e. The SMILES string of the molecule is CCCCC/C(=C/SC)c1cccc(C(F)(F)F)c1. The van der Waals surface area contributed by atoms with Gasteiger partial charge in [-0.15, -0.1) is 11.8 Å². The summed E-state index contributed by atoms with van der Waals surface area (Å²) in [5.74, 6) is 0. The lowest BCUT2D eigenvalue weighted by Crippen LogP contribution is -2.05. The molecule has 0 saturated carbocycles. The van der Waals surface area contributed by atoms with E-state index < -0.39 is 11.7 Å². The largest absolute Gasteiger partial charge is 0.416 e. The number of alkyl halides is 3. The standard InChI is InChI=1S/C15H19F3S/c1-3-4-5-7-13(11-19-2)12-8-6-9-14(10-12)15(16,17)18/h6,8-11H,3-5,7H2,1-2H3/b13-11-. The highest BCUT2D eigenvalue weighted by Crippen LogP contribution is 2.32. The van der Waals surface area contributed by atoms with Gasteiger partial charge >= 0.3 is 6.18 Å². The first-order valence-corrected chi connectivity index (χ1v) is 7.67. The van der Waals surface area contributed by atoms with Gasteiger partial charge in [0.15, 0.2) is 0 Å². The third kappa shape index (κ3) is 5.31. The van der Waals surface area contributed by atoms with E-state index in [0.717, 1.165) is 37.3 Å². The second-order valence-corrected chi connectivity index (χ2v) is 5.12. The summed E-state index contributed by atoms with van der Waals surface area (Å²) in [7, 11) is 0. The molecular formula is C15H19F3S. The predicted molar refractivity (Wildman–Crippen MR) is 77.1 cm³/mol. The van der Waals surface area contributed by atoms with Crippen LogP contribution in [0.5, 0.6) is 0 Å². The molecule has 0 spiro atoms. The van der Waals surface area contributed by atoms with Gasteiger partial charge in [-0.2, -0.15) is 13.2 Å². The molecule has 0 amide bonds. The molecule has 0 radical (unpaired) electrons. The monoisotopic (exact) mass is 288 g/mol. The van der Waals surface area contributed by atoms with Gasteiger partial charge in [0.25, 0.3) is 0 Å². The lowest BCUT2D eigenvalue weighted by molar-refractivity contribution is -0.137. The molecule has 0 aromatic heterocycles. The first-order chi connectivity index (χ1) is 8.99. The van der Waals surface area contributed by atoms with Gasteiger partial charge in [-0.05, 0) is 47.8 Å². The molecule has 0 atom stereocenters. The highest BCUT2D eigenvalue weighted by molar-refractivity contribution is 8.01. The third-order valence-electron chi connectivity index (χ3n) is 2.87. The third-order valence-corrected chi connectivity index (χ3v) is 3.39. The van der Waals surface area contributed by atoms with E-state index in [9.17, 15) is 13.2 Å². The zero-order valence-corrected chi connectivity index (χ0v) is 12.1. The molecule has 0 N–H and O–H groups in total. The van der Waals surface area contributed by atoms with Crippen molar-refractivity contribution in [3.05, 3.63) is 40.8 Å². The second kappa shape index (κ2) is 7.63. The molecule has 0 fully saturated rings. The second-order valence-electron chi connectivity index (χ2n) is 4.41. The molecule has 0 nitrogen and oxygen atoms in total. The van der Waals surface area contributed by atoms with Gasteiger partial charge in [0.1, 0.15) is 0 Å². The highest BCUT2D eigenvalue weighted by atomic mass is 32.2. The molecule has 106 valence electrons. The number of unbranched alkanes of at least 4 members (excludes halogenated alkanes) is 2. The summed E-state index contributed by atoms with van der Waals surface area (Å²) >= 11 is 1.53. The lowest BCUT2D eigenvalue weighted by atomic mass is 9.99. The zero-order chi connectivity index (χ0) is 14.3.